The van der Waals surface area contributed by atoms with E-state index in [-0.39, 0.29) is 12.2 Å². The third-order valence-corrected chi connectivity index (χ3v) is 4.84. The summed E-state index contributed by atoms with van der Waals surface area (Å²) in [5.74, 6) is -2.54. The Morgan fingerprint density at radius 3 is 2.41 bits per heavy atom. The van der Waals surface area contributed by atoms with Gasteiger partial charge in [0.05, 0.1) is 19.1 Å². The molecule has 0 radical (unpaired) electrons. The summed E-state index contributed by atoms with van der Waals surface area (Å²) in [6.07, 6.45) is -6.12. The molecule has 2 atom stereocenters. The van der Waals surface area contributed by atoms with E-state index in [1.165, 1.54) is 31.4 Å². The highest BCUT2D eigenvalue weighted by Gasteiger charge is 2.45. The summed E-state index contributed by atoms with van der Waals surface area (Å²) in [6.45, 7) is -0.0430. The van der Waals surface area contributed by atoms with Crippen LogP contribution in [0.5, 0.6) is 5.75 Å². The van der Waals surface area contributed by atoms with E-state index >= 15 is 0 Å². The maximum absolute atomic E-state index is 13.7. The summed E-state index contributed by atoms with van der Waals surface area (Å²) in [5, 5.41) is 0. The summed E-state index contributed by atoms with van der Waals surface area (Å²) < 4.78 is 50.9. The van der Waals surface area contributed by atoms with Crippen molar-refractivity contribution in [2.24, 2.45) is 0 Å². The number of hydrogen-bond donors (Lipinski definition) is 0. The monoisotopic (exact) mass is 407 g/mol. The number of benzene rings is 2. The Morgan fingerprint density at radius 1 is 1.17 bits per heavy atom. The molecule has 0 saturated carbocycles. The molecule has 8 heteroatoms. The molecule has 3 rings (SSSR count). The normalized spacial score (nSPS) is 17.7. The van der Waals surface area contributed by atoms with Gasteiger partial charge in [-0.05, 0) is 29.7 Å². The van der Waals surface area contributed by atoms with Crippen LogP contribution in [0.15, 0.2) is 54.6 Å². The number of imide groups is 1. The Bertz CT molecular complexity index is 852. The molecule has 0 N–H and O–H groups in total. The summed E-state index contributed by atoms with van der Waals surface area (Å²) in [5.41, 5.74) is 0.787. The second-order valence-electron chi connectivity index (χ2n) is 6.76. The van der Waals surface area contributed by atoms with Gasteiger partial charge in [0.15, 0.2) is 0 Å². The molecule has 0 spiro atoms. The molecular weight excluding hydrogens is 387 g/mol. The maximum atomic E-state index is 13.7. The van der Waals surface area contributed by atoms with Crippen molar-refractivity contribution >= 4 is 12.0 Å². The van der Waals surface area contributed by atoms with Crippen molar-refractivity contribution < 1.29 is 32.2 Å². The van der Waals surface area contributed by atoms with E-state index in [1.54, 1.807) is 0 Å². The lowest BCUT2D eigenvalue weighted by Gasteiger charge is -2.24. The molecule has 5 nitrogen and oxygen atoms in total. The van der Waals surface area contributed by atoms with Crippen LogP contribution in [0.1, 0.15) is 23.5 Å². The Labute approximate surface area is 166 Å². The molecule has 154 valence electrons. The molecule has 0 bridgehead atoms. The SMILES string of the molecule is COc1ccc([C@@H](CC(=O)N2C(=O)OC[C@@H]2Cc2ccccc2)C(F)(F)F)cc1. The van der Waals surface area contributed by atoms with E-state index in [2.05, 4.69) is 0 Å². The predicted molar refractivity (Wildman–Crippen MR) is 98.5 cm³/mol. The van der Waals surface area contributed by atoms with Gasteiger partial charge in [-0.2, -0.15) is 13.2 Å². The minimum absolute atomic E-state index is 0.0430. The number of cyclic esters (lactones) is 1. The number of carbonyl (C=O) groups is 2. The number of ether oxygens (including phenoxy) is 2. The standard InChI is InChI=1S/C21H20F3NO4/c1-28-17-9-7-15(8-10-17)18(21(22,23)24)12-19(26)25-16(13-29-20(25)27)11-14-5-3-2-4-6-14/h2-10,16,18H,11-13H2,1H3/t16-,18+/m0/s1. The molecule has 2 aromatic carbocycles. The Hall–Kier alpha value is -3.03. The van der Waals surface area contributed by atoms with Crippen molar-refractivity contribution in [1.82, 2.24) is 4.90 Å². The van der Waals surface area contributed by atoms with Crippen molar-refractivity contribution in [1.29, 1.82) is 0 Å². The lowest BCUT2D eigenvalue weighted by atomic mass is 9.94. The average molecular weight is 407 g/mol. The third-order valence-electron chi connectivity index (χ3n) is 4.84. The number of methoxy groups -OCH3 is 1. The average Bonchev–Trinajstić information content (AvgIpc) is 3.06. The van der Waals surface area contributed by atoms with Crippen LogP contribution < -0.4 is 4.74 Å². The molecular formula is C21H20F3NO4. The molecule has 0 aromatic heterocycles. The smallest absolute Gasteiger partial charge is 0.416 e. The number of hydrogen-bond acceptors (Lipinski definition) is 4. The van der Waals surface area contributed by atoms with E-state index in [0.29, 0.717) is 12.2 Å². The number of carbonyl (C=O) groups excluding carboxylic acids is 2. The fourth-order valence-corrected chi connectivity index (χ4v) is 3.33. The quantitative estimate of drug-likeness (QED) is 0.716. The van der Waals surface area contributed by atoms with Crippen molar-refractivity contribution in [3.8, 4) is 5.75 Å². The molecule has 1 aliphatic heterocycles. The second-order valence-corrected chi connectivity index (χ2v) is 6.76. The largest absolute Gasteiger partial charge is 0.497 e. The molecule has 0 unspecified atom stereocenters. The number of amides is 2. The summed E-state index contributed by atoms with van der Waals surface area (Å²) >= 11 is 0. The van der Waals surface area contributed by atoms with Crippen LogP contribution >= 0.6 is 0 Å². The van der Waals surface area contributed by atoms with Gasteiger partial charge in [-0.1, -0.05) is 42.5 Å². The third kappa shape index (κ3) is 4.88. The molecule has 2 amide bonds. The highest BCUT2D eigenvalue weighted by atomic mass is 19.4. The summed E-state index contributed by atoms with van der Waals surface area (Å²) in [7, 11) is 1.41. The number of rotatable bonds is 6. The summed E-state index contributed by atoms with van der Waals surface area (Å²) in [4.78, 5) is 25.6. The molecule has 1 aliphatic rings. The van der Waals surface area contributed by atoms with Crippen molar-refractivity contribution in [3.05, 3.63) is 65.7 Å². The number of halogens is 3. The molecule has 2 aromatic rings. The lowest BCUT2D eigenvalue weighted by Crippen LogP contribution is -2.41. The van der Waals surface area contributed by atoms with E-state index in [0.717, 1.165) is 10.5 Å². The molecule has 1 fully saturated rings. The van der Waals surface area contributed by atoms with Gasteiger partial charge in [0, 0.05) is 6.42 Å². The highest BCUT2D eigenvalue weighted by molar-refractivity contribution is 5.94. The number of nitrogens with zero attached hydrogens (tertiary/aromatic N) is 1. The maximum Gasteiger partial charge on any atom is 0.416 e. The molecule has 1 saturated heterocycles. The van der Waals surface area contributed by atoms with Crippen LogP contribution in [0, 0.1) is 0 Å². The van der Waals surface area contributed by atoms with Crippen molar-refractivity contribution in [2.45, 2.75) is 31.0 Å². The zero-order chi connectivity index (χ0) is 21.0. The van der Waals surface area contributed by atoms with E-state index in [9.17, 15) is 22.8 Å². The van der Waals surface area contributed by atoms with E-state index in [4.69, 9.17) is 9.47 Å². The highest BCUT2D eigenvalue weighted by Crippen LogP contribution is 2.39. The van der Waals surface area contributed by atoms with Crippen LogP contribution in [0.25, 0.3) is 0 Å². The van der Waals surface area contributed by atoms with Gasteiger partial charge in [0.2, 0.25) is 5.91 Å². The van der Waals surface area contributed by atoms with Crippen LogP contribution in [0.3, 0.4) is 0 Å². The Morgan fingerprint density at radius 2 is 1.83 bits per heavy atom. The van der Waals surface area contributed by atoms with Crippen LogP contribution in [-0.2, 0) is 16.0 Å². The van der Waals surface area contributed by atoms with Gasteiger partial charge < -0.3 is 9.47 Å². The minimum Gasteiger partial charge on any atom is -0.497 e. The van der Waals surface area contributed by atoms with Gasteiger partial charge >= 0.3 is 12.3 Å². The number of alkyl halides is 3. The van der Waals surface area contributed by atoms with Gasteiger partial charge in [-0.3, -0.25) is 4.79 Å². The fraction of sp³-hybridized carbons (Fsp3) is 0.333. The van der Waals surface area contributed by atoms with Crippen LogP contribution in [0.4, 0.5) is 18.0 Å². The zero-order valence-corrected chi connectivity index (χ0v) is 15.7. The van der Waals surface area contributed by atoms with Gasteiger partial charge in [-0.15, -0.1) is 0 Å². The zero-order valence-electron chi connectivity index (χ0n) is 15.7. The first-order chi connectivity index (χ1) is 13.8. The summed E-state index contributed by atoms with van der Waals surface area (Å²) in [6, 6.07) is 13.8. The molecule has 29 heavy (non-hydrogen) atoms. The topological polar surface area (TPSA) is 55.8 Å². The fourth-order valence-electron chi connectivity index (χ4n) is 3.33. The van der Waals surface area contributed by atoms with Crippen molar-refractivity contribution in [2.75, 3.05) is 13.7 Å². The lowest BCUT2D eigenvalue weighted by molar-refractivity contribution is -0.160. The molecule has 0 aliphatic carbocycles. The Balaban J connectivity index is 1.79. The first-order valence-electron chi connectivity index (χ1n) is 9.03. The Kier molecular flexibility index (Phi) is 6.10. The van der Waals surface area contributed by atoms with Gasteiger partial charge in [-0.25, -0.2) is 9.69 Å². The van der Waals surface area contributed by atoms with E-state index < -0.39 is 36.6 Å². The first-order valence-corrected chi connectivity index (χ1v) is 9.03. The first kappa shape index (κ1) is 20.7. The second kappa shape index (κ2) is 8.55. The van der Waals surface area contributed by atoms with Gasteiger partial charge in [0.25, 0.3) is 0 Å². The minimum atomic E-state index is -4.65. The predicted octanol–water partition coefficient (Wildman–Crippen LogP) is 4.32. The molecule has 1 heterocycles. The van der Waals surface area contributed by atoms with Crippen molar-refractivity contribution in [3.63, 3.8) is 0 Å². The van der Waals surface area contributed by atoms with Crippen LogP contribution in [-0.4, -0.2) is 42.8 Å². The van der Waals surface area contributed by atoms with E-state index in [1.807, 2.05) is 30.3 Å². The van der Waals surface area contributed by atoms with Crippen LogP contribution in [0.2, 0.25) is 0 Å². The van der Waals surface area contributed by atoms with Gasteiger partial charge in [0.1, 0.15) is 12.4 Å².